The minimum atomic E-state index is -0.745. The summed E-state index contributed by atoms with van der Waals surface area (Å²) in [6.07, 6.45) is 4.22. The zero-order valence-corrected chi connectivity index (χ0v) is 25.5. The zero-order valence-electron chi connectivity index (χ0n) is 25.5. The van der Waals surface area contributed by atoms with Crippen molar-refractivity contribution >= 4 is 40.2 Å². The van der Waals surface area contributed by atoms with E-state index in [-0.39, 0.29) is 30.3 Å². The smallest absolute Gasteiger partial charge is 0.328 e. The van der Waals surface area contributed by atoms with Crippen molar-refractivity contribution < 1.29 is 28.5 Å². The second kappa shape index (κ2) is 14.1. The molecule has 1 aliphatic rings. The van der Waals surface area contributed by atoms with Crippen molar-refractivity contribution in [3.8, 4) is 17.2 Å². The summed E-state index contributed by atoms with van der Waals surface area (Å²) in [6, 6.07) is 6.58. The van der Waals surface area contributed by atoms with Crippen molar-refractivity contribution in [1.82, 2.24) is 15.3 Å². The third-order valence-electron chi connectivity index (χ3n) is 7.48. The second-order valence-electron chi connectivity index (χ2n) is 11.2. The summed E-state index contributed by atoms with van der Waals surface area (Å²) in [5, 5.41) is 6.91. The molecule has 12 heteroatoms. The number of benzene rings is 2. The van der Waals surface area contributed by atoms with Crippen LogP contribution in [0.1, 0.15) is 57.1 Å². The van der Waals surface area contributed by atoms with Gasteiger partial charge in [-0.1, -0.05) is 19.9 Å². The molecule has 0 aliphatic heterocycles. The number of methoxy groups -OCH3 is 2. The Labute approximate surface area is 251 Å². The van der Waals surface area contributed by atoms with E-state index in [2.05, 4.69) is 20.6 Å². The van der Waals surface area contributed by atoms with Crippen LogP contribution in [0.5, 0.6) is 17.2 Å². The minimum Gasteiger partial charge on any atom is -0.493 e. The standard InChI is InChI=1S/C31H42N6O6/c1-17(2)12-23(30(39)43-21-8-6-7-9-21)35-26(38)16-42-28-24(40-4)13-20(14-25(28)41-5)34-15-19-10-11-22-27(18(19)3)29(32)37-31(33)36-22/h10-11,13-14,17,21,23,34H,6-9,12,15-16H2,1-5H3,(H,35,38)(H4,32,33,36,37)/t23-/m0/s1. The maximum absolute atomic E-state index is 12.9. The number of esters is 1. The van der Waals surface area contributed by atoms with Crippen molar-refractivity contribution in [3.63, 3.8) is 0 Å². The molecule has 0 unspecified atom stereocenters. The van der Waals surface area contributed by atoms with Gasteiger partial charge in [-0.25, -0.2) is 9.78 Å². The van der Waals surface area contributed by atoms with Crippen LogP contribution < -0.4 is 36.3 Å². The quantitative estimate of drug-likeness (QED) is 0.210. The van der Waals surface area contributed by atoms with E-state index in [0.29, 0.717) is 41.5 Å². The number of nitrogen functional groups attached to an aromatic ring is 2. The molecule has 1 amide bonds. The molecule has 2 aromatic carbocycles. The Balaban J connectivity index is 1.43. The van der Waals surface area contributed by atoms with E-state index in [1.54, 1.807) is 12.1 Å². The summed E-state index contributed by atoms with van der Waals surface area (Å²) >= 11 is 0. The molecule has 1 atom stereocenters. The summed E-state index contributed by atoms with van der Waals surface area (Å²) < 4.78 is 22.7. The van der Waals surface area contributed by atoms with Gasteiger partial charge in [-0.2, -0.15) is 4.98 Å². The Hall–Kier alpha value is -4.48. The number of nitrogens with two attached hydrogens (primary N) is 2. The molecule has 1 saturated carbocycles. The van der Waals surface area contributed by atoms with Gasteiger partial charge in [0.15, 0.2) is 18.1 Å². The highest BCUT2D eigenvalue weighted by atomic mass is 16.5. The molecule has 12 nitrogen and oxygen atoms in total. The van der Waals surface area contributed by atoms with E-state index in [1.807, 2.05) is 32.9 Å². The summed E-state index contributed by atoms with van der Waals surface area (Å²) in [5.41, 5.74) is 15.2. The molecule has 6 N–H and O–H groups in total. The number of hydrogen-bond acceptors (Lipinski definition) is 11. The molecular weight excluding hydrogens is 552 g/mol. The number of hydrogen-bond donors (Lipinski definition) is 4. The van der Waals surface area contributed by atoms with Crippen molar-refractivity contribution in [1.29, 1.82) is 0 Å². The van der Waals surface area contributed by atoms with E-state index in [4.69, 9.17) is 30.4 Å². The summed E-state index contributed by atoms with van der Waals surface area (Å²) in [4.78, 5) is 34.1. The lowest BCUT2D eigenvalue weighted by atomic mass is 10.0. The van der Waals surface area contributed by atoms with E-state index < -0.39 is 17.9 Å². The molecule has 0 bridgehead atoms. The molecule has 43 heavy (non-hydrogen) atoms. The molecular formula is C31H42N6O6. The molecule has 1 fully saturated rings. The third kappa shape index (κ3) is 7.88. The highest BCUT2D eigenvalue weighted by Crippen LogP contribution is 2.40. The fourth-order valence-electron chi connectivity index (χ4n) is 5.31. The number of ether oxygens (including phenoxy) is 4. The third-order valence-corrected chi connectivity index (χ3v) is 7.48. The van der Waals surface area contributed by atoms with Gasteiger partial charge in [-0.05, 0) is 62.1 Å². The zero-order chi connectivity index (χ0) is 31.1. The average molecular weight is 595 g/mol. The summed E-state index contributed by atoms with van der Waals surface area (Å²) in [7, 11) is 3.01. The van der Waals surface area contributed by atoms with Crippen molar-refractivity contribution in [2.45, 2.75) is 71.6 Å². The van der Waals surface area contributed by atoms with Crippen molar-refractivity contribution in [3.05, 3.63) is 35.4 Å². The van der Waals surface area contributed by atoms with Crippen LogP contribution >= 0.6 is 0 Å². The lowest BCUT2D eigenvalue weighted by molar-refractivity contribution is -0.153. The number of carbonyl (C=O) groups excluding carboxylic acids is 2. The number of amides is 1. The number of nitrogens with zero attached hydrogens (tertiary/aromatic N) is 2. The van der Waals surface area contributed by atoms with E-state index in [9.17, 15) is 9.59 Å². The first kappa shape index (κ1) is 31.5. The largest absolute Gasteiger partial charge is 0.493 e. The van der Waals surface area contributed by atoms with Crippen LogP contribution in [0.3, 0.4) is 0 Å². The van der Waals surface area contributed by atoms with Crippen LogP contribution in [0.4, 0.5) is 17.5 Å². The first-order chi connectivity index (χ1) is 20.6. The Morgan fingerprint density at radius 3 is 2.35 bits per heavy atom. The van der Waals surface area contributed by atoms with Gasteiger partial charge in [0.05, 0.1) is 19.7 Å². The van der Waals surface area contributed by atoms with Crippen LogP contribution in [-0.2, 0) is 20.9 Å². The maximum atomic E-state index is 12.9. The molecule has 232 valence electrons. The molecule has 0 radical (unpaired) electrons. The predicted molar refractivity (Wildman–Crippen MR) is 165 cm³/mol. The number of anilines is 3. The van der Waals surface area contributed by atoms with Gasteiger partial charge in [-0.3, -0.25) is 4.79 Å². The number of aryl methyl sites for hydroxylation is 1. The molecule has 1 aromatic heterocycles. The second-order valence-corrected chi connectivity index (χ2v) is 11.2. The van der Waals surface area contributed by atoms with Crippen LogP contribution in [0, 0.1) is 12.8 Å². The van der Waals surface area contributed by atoms with Gasteiger partial charge in [0.25, 0.3) is 5.91 Å². The Kier molecular flexibility index (Phi) is 10.3. The first-order valence-electron chi connectivity index (χ1n) is 14.5. The SMILES string of the molecule is COc1cc(NCc2ccc3nc(N)nc(N)c3c2C)cc(OC)c1OCC(=O)N[C@@H](CC(C)C)C(=O)OC1CCCC1. The van der Waals surface area contributed by atoms with Crippen LogP contribution in [0.15, 0.2) is 24.3 Å². The highest BCUT2D eigenvalue weighted by molar-refractivity contribution is 5.92. The van der Waals surface area contributed by atoms with Crippen LogP contribution in [0.2, 0.25) is 0 Å². The Bertz CT molecular complexity index is 1430. The monoisotopic (exact) mass is 594 g/mol. The normalized spacial score (nSPS) is 14.0. The lowest BCUT2D eigenvalue weighted by Crippen LogP contribution is -2.45. The Morgan fingerprint density at radius 1 is 1.05 bits per heavy atom. The van der Waals surface area contributed by atoms with Crippen molar-refractivity contribution in [2.75, 3.05) is 37.6 Å². The van der Waals surface area contributed by atoms with Gasteiger partial charge in [0.2, 0.25) is 11.7 Å². The number of fused-ring (bicyclic) bond motifs is 1. The fraction of sp³-hybridized carbons (Fsp3) is 0.484. The lowest BCUT2D eigenvalue weighted by Gasteiger charge is -2.22. The van der Waals surface area contributed by atoms with Gasteiger partial charge in [0, 0.05) is 29.8 Å². The first-order valence-corrected chi connectivity index (χ1v) is 14.5. The predicted octanol–water partition coefficient (Wildman–Crippen LogP) is 4.13. The molecule has 0 saturated heterocycles. The highest BCUT2D eigenvalue weighted by Gasteiger charge is 2.28. The topological polar surface area (TPSA) is 173 Å². The van der Waals surface area contributed by atoms with Gasteiger partial charge in [0.1, 0.15) is 18.0 Å². The Morgan fingerprint density at radius 2 is 1.72 bits per heavy atom. The number of carbonyl (C=O) groups is 2. The molecule has 0 spiro atoms. The molecule has 4 rings (SSSR count). The molecule has 3 aromatic rings. The molecule has 1 aliphatic carbocycles. The number of nitrogens with one attached hydrogen (secondary N) is 2. The van der Waals surface area contributed by atoms with Gasteiger partial charge < -0.3 is 41.0 Å². The minimum absolute atomic E-state index is 0.0763. The summed E-state index contributed by atoms with van der Waals surface area (Å²) in [5.74, 6) is 0.810. The van der Waals surface area contributed by atoms with Gasteiger partial charge >= 0.3 is 5.97 Å². The maximum Gasteiger partial charge on any atom is 0.328 e. The van der Waals surface area contributed by atoms with E-state index in [0.717, 1.165) is 42.2 Å². The number of rotatable bonds is 13. The van der Waals surface area contributed by atoms with E-state index in [1.165, 1.54) is 14.2 Å². The fourth-order valence-corrected chi connectivity index (χ4v) is 5.31. The summed E-state index contributed by atoms with van der Waals surface area (Å²) in [6.45, 7) is 6.07. The molecule has 1 heterocycles. The van der Waals surface area contributed by atoms with Gasteiger partial charge in [-0.15, -0.1) is 0 Å². The average Bonchev–Trinajstić information content (AvgIpc) is 3.47. The van der Waals surface area contributed by atoms with Crippen LogP contribution in [-0.4, -0.2) is 54.8 Å². The van der Waals surface area contributed by atoms with E-state index >= 15 is 0 Å². The number of aromatic nitrogens is 2. The van der Waals surface area contributed by atoms with Crippen LogP contribution in [0.25, 0.3) is 10.9 Å². The van der Waals surface area contributed by atoms with Crippen molar-refractivity contribution in [2.24, 2.45) is 5.92 Å².